The topological polar surface area (TPSA) is 17.1 Å². The summed E-state index contributed by atoms with van der Waals surface area (Å²) in [5, 5.41) is -0.123. The maximum absolute atomic E-state index is 12.6. The molecule has 5 heteroatoms. The zero-order valence-electron chi connectivity index (χ0n) is 11.6. The zero-order valence-corrected chi connectivity index (χ0v) is 12.3. The van der Waals surface area contributed by atoms with E-state index in [1.807, 2.05) is 13.8 Å². The van der Waals surface area contributed by atoms with Gasteiger partial charge in [-0.1, -0.05) is 38.3 Å². The maximum Gasteiger partial charge on any atom is 0.416 e. The fraction of sp³-hybridized carbons (Fsp3) is 0.533. The Hall–Kier alpha value is -1.03. The van der Waals surface area contributed by atoms with Gasteiger partial charge in [-0.3, -0.25) is 4.79 Å². The second-order valence-electron chi connectivity index (χ2n) is 4.83. The van der Waals surface area contributed by atoms with Crippen molar-refractivity contribution in [1.29, 1.82) is 0 Å². The quantitative estimate of drug-likeness (QED) is 0.611. The number of hydrogen-bond donors (Lipinski definition) is 0. The summed E-state index contributed by atoms with van der Waals surface area (Å²) in [7, 11) is 0. The van der Waals surface area contributed by atoms with E-state index in [0.717, 1.165) is 37.8 Å². The molecule has 1 aromatic rings. The van der Waals surface area contributed by atoms with Crippen LogP contribution >= 0.6 is 11.6 Å². The molecule has 0 amide bonds. The van der Waals surface area contributed by atoms with Gasteiger partial charge in [-0.15, -0.1) is 0 Å². The van der Waals surface area contributed by atoms with Gasteiger partial charge in [-0.25, -0.2) is 0 Å². The number of hydrogen-bond acceptors (Lipinski definition) is 1. The summed E-state index contributed by atoms with van der Waals surface area (Å²) in [6, 6.07) is 2.92. The predicted octanol–water partition coefficient (Wildman–Crippen LogP) is 5.76. The molecule has 0 aliphatic heterocycles. The van der Waals surface area contributed by atoms with Crippen LogP contribution < -0.4 is 0 Å². The summed E-state index contributed by atoms with van der Waals surface area (Å²) in [5.74, 6) is -0.327. The molecule has 0 N–H and O–H groups in total. The molecular formula is C15H18ClF3O. The minimum absolute atomic E-state index is 0.123. The summed E-state index contributed by atoms with van der Waals surface area (Å²) < 4.78 is 37.7. The Bertz CT molecular complexity index is 463. The Balaban J connectivity index is 3.04. The van der Waals surface area contributed by atoms with Crippen molar-refractivity contribution in [2.75, 3.05) is 0 Å². The van der Waals surface area contributed by atoms with Crippen LogP contribution in [0.15, 0.2) is 18.2 Å². The standard InChI is InChI=1S/C15H18ClF3O/c1-3-5-10(6-4-2)14(20)12-8-7-11(9-13(12)16)15(17,18)19/h7-10H,3-6H2,1-2H3. The smallest absolute Gasteiger partial charge is 0.294 e. The SMILES string of the molecule is CCCC(CCC)C(=O)c1ccc(C(F)(F)F)cc1Cl. The first-order valence-electron chi connectivity index (χ1n) is 6.72. The van der Waals surface area contributed by atoms with Crippen LogP contribution in [0.5, 0.6) is 0 Å². The van der Waals surface area contributed by atoms with Gasteiger partial charge in [0.05, 0.1) is 10.6 Å². The first-order chi connectivity index (χ1) is 9.31. The number of ketones is 1. The lowest BCUT2D eigenvalue weighted by molar-refractivity contribution is -0.137. The molecule has 1 aromatic carbocycles. The Labute approximate surface area is 122 Å². The Kier molecular flexibility index (Phi) is 6.06. The van der Waals surface area contributed by atoms with E-state index < -0.39 is 11.7 Å². The summed E-state index contributed by atoms with van der Waals surface area (Å²) in [6.45, 7) is 3.95. The van der Waals surface area contributed by atoms with E-state index in [0.29, 0.717) is 0 Å². The van der Waals surface area contributed by atoms with Gasteiger partial charge in [-0.2, -0.15) is 13.2 Å². The summed E-state index contributed by atoms with van der Waals surface area (Å²) >= 11 is 5.85. The van der Waals surface area contributed by atoms with E-state index in [1.54, 1.807) is 0 Å². The highest BCUT2D eigenvalue weighted by atomic mass is 35.5. The fourth-order valence-electron chi connectivity index (χ4n) is 2.21. The molecule has 0 radical (unpaired) electrons. The van der Waals surface area contributed by atoms with Crippen LogP contribution in [0.2, 0.25) is 5.02 Å². The number of halogens is 4. The van der Waals surface area contributed by atoms with Gasteiger partial charge in [0.2, 0.25) is 0 Å². The molecule has 0 aromatic heterocycles. The highest BCUT2D eigenvalue weighted by molar-refractivity contribution is 6.34. The summed E-state index contributed by atoms with van der Waals surface area (Å²) in [6.07, 6.45) is -1.28. The third-order valence-corrected chi connectivity index (χ3v) is 3.52. The van der Waals surface area contributed by atoms with Crippen molar-refractivity contribution in [3.8, 4) is 0 Å². The number of rotatable bonds is 6. The highest BCUT2D eigenvalue weighted by Gasteiger charge is 2.31. The lowest BCUT2D eigenvalue weighted by Crippen LogP contribution is -2.16. The number of benzene rings is 1. The molecule has 0 bridgehead atoms. The van der Waals surface area contributed by atoms with Crippen molar-refractivity contribution in [2.24, 2.45) is 5.92 Å². The minimum atomic E-state index is -4.45. The van der Waals surface area contributed by atoms with Crippen LogP contribution in [-0.2, 0) is 6.18 Å². The maximum atomic E-state index is 12.6. The lowest BCUT2D eigenvalue weighted by Gasteiger charge is -2.16. The number of carbonyl (C=O) groups excluding carboxylic acids is 1. The van der Waals surface area contributed by atoms with Crippen LogP contribution in [0.3, 0.4) is 0 Å². The van der Waals surface area contributed by atoms with Gasteiger partial charge in [-0.05, 0) is 31.0 Å². The molecule has 20 heavy (non-hydrogen) atoms. The van der Waals surface area contributed by atoms with Gasteiger partial charge < -0.3 is 0 Å². The largest absolute Gasteiger partial charge is 0.416 e. The van der Waals surface area contributed by atoms with E-state index >= 15 is 0 Å². The van der Waals surface area contributed by atoms with E-state index in [-0.39, 0.29) is 22.3 Å². The second kappa shape index (κ2) is 7.11. The van der Waals surface area contributed by atoms with Crippen LogP contribution in [0.25, 0.3) is 0 Å². The predicted molar refractivity (Wildman–Crippen MR) is 74.1 cm³/mol. The molecule has 0 fully saturated rings. The molecule has 0 saturated carbocycles. The fourth-order valence-corrected chi connectivity index (χ4v) is 2.49. The van der Waals surface area contributed by atoms with E-state index in [9.17, 15) is 18.0 Å². The molecular weight excluding hydrogens is 289 g/mol. The molecule has 0 aliphatic carbocycles. The molecule has 0 spiro atoms. The van der Waals surface area contributed by atoms with Gasteiger partial charge in [0.15, 0.2) is 5.78 Å². The molecule has 0 aliphatic rings. The van der Waals surface area contributed by atoms with Crippen molar-refractivity contribution < 1.29 is 18.0 Å². The number of Topliss-reactive ketones (excluding diaryl/α,β-unsaturated/α-hetero) is 1. The first-order valence-corrected chi connectivity index (χ1v) is 7.10. The van der Waals surface area contributed by atoms with Crippen LogP contribution in [-0.4, -0.2) is 5.78 Å². The monoisotopic (exact) mass is 306 g/mol. The molecule has 1 nitrogen and oxygen atoms in total. The highest BCUT2D eigenvalue weighted by Crippen LogP contribution is 2.33. The second-order valence-corrected chi connectivity index (χ2v) is 5.24. The number of alkyl halides is 3. The first kappa shape index (κ1) is 17.0. The minimum Gasteiger partial charge on any atom is -0.294 e. The molecule has 1 rings (SSSR count). The van der Waals surface area contributed by atoms with Gasteiger partial charge in [0, 0.05) is 11.5 Å². The zero-order chi connectivity index (χ0) is 15.3. The normalized spacial score (nSPS) is 11.9. The van der Waals surface area contributed by atoms with Gasteiger partial charge in [0.1, 0.15) is 0 Å². The summed E-state index contributed by atoms with van der Waals surface area (Å²) in [5.41, 5.74) is -0.645. The van der Waals surface area contributed by atoms with E-state index in [2.05, 4.69) is 0 Å². The van der Waals surface area contributed by atoms with Crippen molar-refractivity contribution in [3.63, 3.8) is 0 Å². The third kappa shape index (κ3) is 4.23. The molecule has 112 valence electrons. The molecule has 0 atom stereocenters. The Morgan fingerprint density at radius 2 is 1.75 bits per heavy atom. The van der Waals surface area contributed by atoms with Gasteiger partial charge in [0.25, 0.3) is 0 Å². The van der Waals surface area contributed by atoms with Crippen molar-refractivity contribution >= 4 is 17.4 Å². The lowest BCUT2D eigenvalue weighted by atomic mass is 9.89. The van der Waals surface area contributed by atoms with E-state index in [1.165, 1.54) is 6.07 Å². The third-order valence-electron chi connectivity index (χ3n) is 3.21. The number of carbonyl (C=O) groups is 1. The van der Waals surface area contributed by atoms with Crippen LogP contribution in [0.4, 0.5) is 13.2 Å². The molecule has 0 saturated heterocycles. The Morgan fingerprint density at radius 3 is 2.15 bits per heavy atom. The van der Waals surface area contributed by atoms with E-state index in [4.69, 9.17) is 11.6 Å². The van der Waals surface area contributed by atoms with Crippen molar-refractivity contribution in [3.05, 3.63) is 34.3 Å². The van der Waals surface area contributed by atoms with Crippen LogP contribution in [0, 0.1) is 5.92 Å². The average Bonchev–Trinajstić information content (AvgIpc) is 2.36. The summed E-state index contributed by atoms with van der Waals surface area (Å²) in [4.78, 5) is 12.3. The van der Waals surface area contributed by atoms with Crippen LogP contribution in [0.1, 0.15) is 55.5 Å². The average molecular weight is 307 g/mol. The Morgan fingerprint density at radius 1 is 1.20 bits per heavy atom. The van der Waals surface area contributed by atoms with Gasteiger partial charge >= 0.3 is 6.18 Å². The molecule has 0 unspecified atom stereocenters. The van der Waals surface area contributed by atoms with Crippen molar-refractivity contribution in [2.45, 2.75) is 45.7 Å². The van der Waals surface area contributed by atoms with Crippen molar-refractivity contribution in [1.82, 2.24) is 0 Å². The molecule has 0 heterocycles.